The fraction of sp³-hybridized carbons (Fsp3) is 0.692. The predicted molar refractivity (Wildman–Crippen MR) is 114 cm³/mol. The van der Waals surface area contributed by atoms with E-state index < -0.39 is 0 Å². The standard InChI is InChI=1S/C26H40/c1-3-21-9-11-23(12-10-21)7-5-6-8-24-15-19-26(20-16-24)25-17-13-22(4-2)14-18-25/h5-6,9-12,22,24-26H,3-4,7-8,13-20H2,1-2H3/b6-5-. The van der Waals surface area contributed by atoms with E-state index in [0.717, 1.165) is 36.5 Å². The summed E-state index contributed by atoms with van der Waals surface area (Å²) >= 11 is 0. The molecule has 0 amide bonds. The van der Waals surface area contributed by atoms with Gasteiger partial charge in [-0.25, -0.2) is 0 Å². The predicted octanol–water partition coefficient (Wildman–Crippen LogP) is 7.76. The van der Waals surface area contributed by atoms with Crippen molar-refractivity contribution in [2.24, 2.45) is 23.7 Å². The molecule has 0 nitrogen and oxygen atoms in total. The Morgan fingerprint density at radius 2 is 1.23 bits per heavy atom. The van der Waals surface area contributed by atoms with Gasteiger partial charge in [-0.3, -0.25) is 0 Å². The summed E-state index contributed by atoms with van der Waals surface area (Å²) in [5.74, 6) is 4.13. The first-order valence-corrected chi connectivity index (χ1v) is 11.5. The average molecular weight is 353 g/mol. The van der Waals surface area contributed by atoms with Crippen molar-refractivity contribution >= 4 is 0 Å². The number of hydrogen-bond donors (Lipinski definition) is 0. The molecule has 3 rings (SSSR count). The minimum atomic E-state index is 0.956. The lowest BCUT2D eigenvalue weighted by Crippen LogP contribution is -2.25. The van der Waals surface area contributed by atoms with Gasteiger partial charge in [0.15, 0.2) is 0 Å². The Balaban J connectivity index is 1.33. The molecule has 0 spiro atoms. The van der Waals surface area contributed by atoms with Crippen molar-refractivity contribution < 1.29 is 0 Å². The molecule has 2 fully saturated rings. The van der Waals surface area contributed by atoms with Crippen molar-refractivity contribution in [2.45, 2.75) is 90.9 Å². The highest BCUT2D eigenvalue weighted by atomic mass is 14.4. The van der Waals surface area contributed by atoms with Crippen LogP contribution in [-0.4, -0.2) is 0 Å². The van der Waals surface area contributed by atoms with Gasteiger partial charge in [0.2, 0.25) is 0 Å². The summed E-state index contributed by atoms with van der Waals surface area (Å²) in [7, 11) is 0. The van der Waals surface area contributed by atoms with Gasteiger partial charge in [-0.15, -0.1) is 0 Å². The lowest BCUT2D eigenvalue weighted by molar-refractivity contribution is 0.145. The van der Waals surface area contributed by atoms with Crippen LogP contribution < -0.4 is 0 Å². The molecule has 2 aliphatic rings. The third-order valence-electron chi connectivity index (χ3n) is 7.45. The van der Waals surface area contributed by atoms with Crippen LogP contribution in [0.15, 0.2) is 36.4 Å². The summed E-state index contributed by atoms with van der Waals surface area (Å²) in [5.41, 5.74) is 2.89. The third-order valence-corrected chi connectivity index (χ3v) is 7.45. The monoisotopic (exact) mass is 352 g/mol. The molecule has 2 aliphatic carbocycles. The van der Waals surface area contributed by atoms with Crippen molar-refractivity contribution in [3.63, 3.8) is 0 Å². The van der Waals surface area contributed by atoms with Crippen molar-refractivity contribution in [1.82, 2.24) is 0 Å². The third kappa shape index (κ3) is 5.73. The average Bonchev–Trinajstić information content (AvgIpc) is 2.72. The quantitative estimate of drug-likeness (QED) is 0.440. The summed E-state index contributed by atoms with van der Waals surface area (Å²) in [6, 6.07) is 9.14. The first-order valence-electron chi connectivity index (χ1n) is 11.5. The van der Waals surface area contributed by atoms with Crippen LogP contribution in [0.4, 0.5) is 0 Å². The van der Waals surface area contributed by atoms with Gasteiger partial charge in [0, 0.05) is 0 Å². The molecule has 2 saturated carbocycles. The van der Waals surface area contributed by atoms with Crippen molar-refractivity contribution in [3.8, 4) is 0 Å². The van der Waals surface area contributed by atoms with Crippen molar-refractivity contribution in [1.29, 1.82) is 0 Å². The maximum absolute atomic E-state index is 2.46. The maximum atomic E-state index is 2.46. The molecule has 0 unspecified atom stereocenters. The van der Waals surface area contributed by atoms with Crippen LogP contribution in [0.5, 0.6) is 0 Å². The maximum Gasteiger partial charge on any atom is -0.00975 e. The Morgan fingerprint density at radius 1 is 0.692 bits per heavy atom. The molecular weight excluding hydrogens is 312 g/mol. The second-order valence-electron chi connectivity index (χ2n) is 9.05. The SMILES string of the molecule is CCc1ccc(C/C=C\CC2CCC(C3CCC(CC)CC3)CC2)cc1. The van der Waals surface area contributed by atoms with Gasteiger partial charge in [-0.05, 0) is 92.6 Å². The molecule has 26 heavy (non-hydrogen) atoms. The first kappa shape index (κ1) is 19.7. The minimum absolute atomic E-state index is 0.956. The molecule has 1 aromatic rings. The summed E-state index contributed by atoms with van der Waals surface area (Å²) in [6.07, 6.45) is 21.9. The van der Waals surface area contributed by atoms with Crippen LogP contribution in [0.3, 0.4) is 0 Å². The Hall–Kier alpha value is -1.04. The van der Waals surface area contributed by atoms with E-state index in [-0.39, 0.29) is 0 Å². The van der Waals surface area contributed by atoms with E-state index in [1.165, 1.54) is 75.3 Å². The van der Waals surface area contributed by atoms with Gasteiger partial charge in [0.25, 0.3) is 0 Å². The van der Waals surface area contributed by atoms with Gasteiger partial charge in [-0.2, -0.15) is 0 Å². The Bertz CT molecular complexity index is 522. The molecule has 0 aromatic heterocycles. The van der Waals surface area contributed by atoms with E-state index in [0.29, 0.717) is 0 Å². The largest absolute Gasteiger partial charge is 0.0879 e. The van der Waals surface area contributed by atoms with Gasteiger partial charge >= 0.3 is 0 Å². The highest BCUT2D eigenvalue weighted by Crippen LogP contribution is 2.42. The molecule has 0 saturated heterocycles. The van der Waals surface area contributed by atoms with Crippen molar-refractivity contribution in [2.75, 3.05) is 0 Å². The molecular formula is C26H40. The molecule has 0 radical (unpaired) electrons. The molecule has 144 valence electrons. The second-order valence-corrected chi connectivity index (χ2v) is 9.05. The number of hydrogen-bond acceptors (Lipinski definition) is 0. The number of rotatable bonds is 7. The molecule has 0 atom stereocenters. The second kappa shape index (κ2) is 10.3. The molecule has 1 aromatic carbocycles. The Morgan fingerprint density at radius 3 is 1.77 bits per heavy atom. The summed E-state index contributed by atoms with van der Waals surface area (Å²) in [6.45, 7) is 4.60. The normalized spacial score (nSPS) is 29.9. The van der Waals surface area contributed by atoms with E-state index in [9.17, 15) is 0 Å². The van der Waals surface area contributed by atoms with E-state index in [4.69, 9.17) is 0 Å². The summed E-state index contributed by atoms with van der Waals surface area (Å²) in [5, 5.41) is 0. The van der Waals surface area contributed by atoms with E-state index >= 15 is 0 Å². The molecule has 0 heterocycles. The number of aryl methyl sites for hydroxylation is 1. The van der Waals surface area contributed by atoms with Gasteiger partial charge in [0.05, 0.1) is 0 Å². The lowest BCUT2D eigenvalue weighted by atomic mass is 9.68. The fourth-order valence-corrected chi connectivity index (χ4v) is 5.38. The minimum Gasteiger partial charge on any atom is -0.0879 e. The number of benzene rings is 1. The van der Waals surface area contributed by atoms with Crippen LogP contribution in [0.25, 0.3) is 0 Å². The topological polar surface area (TPSA) is 0 Å². The van der Waals surface area contributed by atoms with E-state index in [2.05, 4.69) is 50.3 Å². The summed E-state index contributed by atoms with van der Waals surface area (Å²) < 4.78 is 0. The van der Waals surface area contributed by atoms with Gasteiger partial charge in [-0.1, -0.05) is 69.5 Å². The fourth-order valence-electron chi connectivity index (χ4n) is 5.38. The molecule has 0 aliphatic heterocycles. The lowest BCUT2D eigenvalue weighted by Gasteiger charge is -2.37. The Labute approximate surface area is 162 Å². The van der Waals surface area contributed by atoms with E-state index in [1.54, 1.807) is 0 Å². The molecule has 0 N–H and O–H groups in total. The summed E-state index contributed by atoms with van der Waals surface area (Å²) in [4.78, 5) is 0. The van der Waals surface area contributed by atoms with Crippen LogP contribution in [0.2, 0.25) is 0 Å². The van der Waals surface area contributed by atoms with Crippen LogP contribution in [0.1, 0.15) is 89.2 Å². The first-order chi connectivity index (χ1) is 12.8. The Kier molecular flexibility index (Phi) is 7.84. The highest BCUT2D eigenvalue weighted by Gasteiger charge is 2.30. The highest BCUT2D eigenvalue weighted by molar-refractivity contribution is 5.24. The smallest absolute Gasteiger partial charge is 0.00975 e. The van der Waals surface area contributed by atoms with Crippen LogP contribution >= 0.6 is 0 Å². The zero-order chi connectivity index (χ0) is 18.2. The number of allylic oxidation sites excluding steroid dienone is 2. The van der Waals surface area contributed by atoms with Crippen molar-refractivity contribution in [3.05, 3.63) is 47.5 Å². The zero-order valence-corrected chi connectivity index (χ0v) is 17.3. The van der Waals surface area contributed by atoms with Gasteiger partial charge < -0.3 is 0 Å². The van der Waals surface area contributed by atoms with Crippen LogP contribution in [0, 0.1) is 23.7 Å². The van der Waals surface area contributed by atoms with Crippen LogP contribution in [-0.2, 0) is 12.8 Å². The molecule has 0 heteroatoms. The molecule has 0 bridgehead atoms. The van der Waals surface area contributed by atoms with E-state index in [1.807, 2.05) is 0 Å². The van der Waals surface area contributed by atoms with Gasteiger partial charge in [0.1, 0.15) is 0 Å². The zero-order valence-electron chi connectivity index (χ0n) is 17.3.